The number of hydrogen-bond donors (Lipinski definition) is 1. The zero-order valence-corrected chi connectivity index (χ0v) is 17.1. The van der Waals surface area contributed by atoms with E-state index in [9.17, 15) is 18.0 Å². The number of esters is 1. The first-order valence-electron chi connectivity index (χ1n) is 9.95. The van der Waals surface area contributed by atoms with Crippen molar-refractivity contribution in [3.8, 4) is 0 Å². The van der Waals surface area contributed by atoms with Crippen LogP contribution in [0.5, 0.6) is 0 Å². The van der Waals surface area contributed by atoms with E-state index in [2.05, 4.69) is 5.32 Å². The van der Waals surface area contributed by atoms with Crippen molar-refractivity contribution in [2.24, 2.45) is 5.92 Å². The first kappa shape index (κ1) is 20.8. The molecule has 0 bridgehead atoms. The third-order valence-corrected chi connectivity index (χ3v) is 7.48. The summed E-state index contributed by atoms with van der Waals surface area (Å²) in [4.78, 5) is 24.3. The molecule has 0 spiro atoms. The van der Waals surface area contributed by atoms with E-state index >= 15 is 0 Å². The molecule has 7 nitrogen and oxygen atoms in total. The Morgan fingerprint density at radius 1 is 1.11 bits per heavy atom. The molecular weight excluding hydrogens is 380 g/mol. The molecule has 0 radical (unpaired) electrons. The van der Waals surface area contributed by atoms with Crippen molar-refractivity contribution in [3.63, 3.8) is 0 Å². The van der Waals surface area contributed by atoms with Crippen molar-refractivity contribution in [1.29, 1.82) is 0 Å². The molecule has 1 aliphatic heterocycles. The van der Waals surface area contributed by atoms with Crippen LogP contribution in [0.15, 0.2) is 23.1 Å². The van der Waals surface area contributed by atoms with Crippen LogP contribution in [-0.2, 0) is 24.3 Å². The fraction of sp³-hybridized carbons (Fsp3) is 0.600. The van der Waals surface area contributed by atoms with Crippen LogP contribution in [0.4, 0.5) is 5.69 Å². The van der Waals surface area contributed by atoms with Gasteiger partial charge in [-0.1, -0.05) is 25.3 Å². The van der Waals surface area contributed by atoms with Crippen molar-refractivity contribution in [1.82, 2.24) is 4.31 Å². The highest BCUT2D eigenvalue weighted by Gasteiger charge is 2.28. The molecule has 2 aliphatic rings. The van der Waals surface area contributed by atoms with Crippen LogP contribution in [0, 0.1) is 12.8 Å². The molecule has 1 aliphatic carbocycles. The van der Waals surface area contributed by atoms with Gasteiger partial charge in [-0.05, 0) is 50.3 Å². The number of ether oxygens (including phenoxy) is 1. The molecule has 1 amide bonds. The number of rotatable bonds is 6. The molecule has 1 saturated carbocycles. The molecule has 0 aromatic heterocycles. The number of piperidine rings is 1. The average molecular weight is 409 g/mol. The van der Waals surface area contributed by atoms with E-state index < -0.39 is 15.9 Å². The van der Waals surface area contributed by atoms with Gasteiger partial charge in [0.1, 0.15) is 0 Å². The summed E-state index contributed by atoms with van der Waals surface area (Å²) in [6, 6.07) is 4.81. The summed E-state index contributed by atoms with van der Waals surface area (Å²) >= 11 is 0. The quantitative estimate of drug-likeness (QED) is 0.731. The first-order chi connectivity index (χ1) is 13.4. The van der Waals surface area contributed by atoms with Crippen molar-refractivity contribution in [2.45, 2.75) is 56.8 Å². The molecule has 154 valence electrons. The maximum Gasteiger partial charge on any atom is 0.309 e. The lowest BCUT2D eigenvalue weighted by molar-refractivity contribution is -0.151. The minimum absolute atomic E-state index is 0.103. The van der Waals surface area contributed by atoms with E-state index in [1.165, 1.54) is 10.4 Å². The molecule has 2 fully saturated rings. The summed E-state index contributed by atoms with van der Waals surface area (Å²) in [7, 11) is -3.59. The van der Waals surface area contributed by atoms with Gasteiger partial charge in [0.25, 0.3) is 5.91 Å². The van der Waals surface area contributed by atoms with Crippen LogP contribution in [0.25, 0.3) is 0 Å². The Morgan fingerprint density at radius 2 is 1.79 bits per heavy atom. The summed E-state index contributed by atoms with van der Waals surface area (Å²) in [6.45, 7) is 2.42. The second-order valence-corrected chi connectivity index (χ2v) is 9.49. The van der Waals surface area contributed by atoms with Crippen molar-refractivity contribution in [3.05, 3.63) is 23.8 Å². The maximum atomic E-state index is 13.0. The number of hydrogen-bond acceptors (Lipinski definition) is 5. The zero-order valence-electron chi connectivity index (χ0n) is 16.3. The molecule has 28 heavy (non-hydrogen) atoms. The Kier molecular flexibility index (Phi) is 6.72. The van der Waals surface area contributed by atoms with Gasteiger partial charge < -0.3 is 10.1 Å². The molecule has 1 aromatic rings. The number of amides is 1. The highest BCUT2D eigenvalue weighted by Crippen LogP contribution is 2.27. The standard InChI is InChI=1S/C20H28N2O5S/c1-15-9-10-17(13-18(15)28(25,26)22-11-5-2-6-12-22)21-19(23)14-27-20(24)16-7-3-4-8-16/h9-10,13,16H,2-8,11-12,14H2,1H3,(H,21,23). The van der Waals surface area contributed by atoms with Gasteiger partial charge in [0.2, 0.25) is 10.0 Å². The van der Waals surface area contributed by atoms with Crippen LogP contribution in [0.2, 0.25) is 0 Å². The van der Waals surface area contributed by atoms with E-state index in [4.69, 9.17) is 4.74 Å². The van der Waals surface area contributed by atoms with Crippen LogP contribution >= 0.6 is 0 Å². The lowest BCUT2D eigenvalue weighted by Crippen LogP contribution is -2.36. The average Bonchev–Trinajstić information content (AvgIpc) is 3.23. The summed E-state index contributed by atoms with van der Waals surface area (Å²) in [6.07, 6.45) is 6.43. The molecule has 3 rings (SSSR count). The van der Waals surface area contributed by atoms with Gasteiger partial charge in [-0.15, -0.1) is 0 Å². The predicted octanol–water partition coefficient (Wildman–Crippen LogP) is 2.84. The number of nitrogens with one attached hydrogen (secondary N) is 1. The molecule has 0 unspecified atom stereocenters. The number of carbonyl (C=O) groups is 2. The van der Waals surface area contributed by atoms with Gasteiger partial charge in [0, 0.05) is 18.8 Å². The summed E-state index contributed by atoms with van der Waals surface area (Å²) in [5.41, 5.74) is 1.01. The van der Waals surface area contributed by atoms with E-state index in [1.54, 1.807) is 19.1 Å². The molecule has 1 heterocycles. The molecule has 1 N–H and O–H groups in total. The van der Waals surface area contributed by atoms with Crippen LogP contribution in [0.1, 0.15) is 50.5 Å². The van der Waals surface area contributed by atoms with Gasteiger partial charge in [0.05, 0.1) is 10.8 Å². The zero-order chi connectivity index (χ0) is 20.1. The Bertz CT molecular complexity index is 825. The number of nitrogens with zero attached hydrogens (tertiary/aromatic N) is 1. The second-order valence-electron chi connectivity index (χ2n) is 7.58. The molecular formula is C20H28N2O5S. The minimum Gasteiger partial charge on any atom is -0.455 e. The number of sulfonamides is 1. The van der Waals surface area contributed by atoms with E-state index in [0.29, 0.717) is 24.3 Å². The van der Waals surface area contributed by atoms with Crippen molar-refractivity contribution >= 4 is 27.6 Å². The van der Waals surface area contributed by atoms with Gasteiger partial charge in [-0.2, -0.15) is 4.31 Å². The Labute approximate surface area is 166 Å². The minimum atomic E-state index is -3.59. The summed E-state index contributed by atoms with van der Waals surface area (Å²) in [5.74, 6) is -0.907. The molecule has 0 atom stereocenters. The van der Waals surface area contributed by atoms with Gasteiger partial charge in [0.15, 0.2) is 6.61 Å². The molecule has 1 saturated heterocycles. The Balaban J connectivity index is 1.63. The molecule has 8 heteroatoms. The highest BCUT2D eigenvalue weighted by atomic mass is 32.2. The Hall–Kier alpha value is -1.93. The lowest BCUT2D eigenvalue weighted by Gasteiger charge is -2.26. The normalized spacial score (nSPS) is 18.8. The summed E-state index contributed by atoms with van der Waals surface area (Å²) in [5, 5.41) is 2.63. The predicted molar refractivity (Wildman–Crippen MR) is 105 cm³/mol. The Morgan fingerprint density at radius 3 is 2.46 bits per heavy atom. The number of carbonyl (C=O) groups excluding carboxylic acids is 2. The third-order valence-electron chi connectivity index (χ3n) is 5.44. The van der Waals surface area contributed by atoms with Crippen LogP contribution in [-0.4, -0.2) is 44.3 Å². The van der Waals surface area contributed by atoms with Gasteiger partial charge in [-0.3, -0.25) is 9.59 Å². The van der Waals surface area contributed by atoms with Crippen molar-refractivity contribution in [2.75, 3.05) is 25.0 Å². The number of anilines is 1. The monoisotopic (exact) mass is 408 g/mol. The second kappa shape index (κ2) is 9.05. The highest BCUT2D eigenvalue weighted by molar-refractivity contribution is 7.89. The number of benzene rings is 1. The largest absolute Gasteiger partial charge is 0.455 e. The lowest BCUT2D eigenvalue weighted by atomic mass is 10.1. The van der Waals surface area contributed by atoms with Crippen molar-refractivity contribution < 1.29 is 22.7 Å². The van der Waals surface area contributed by atoms with Crippen LogP contribution < -0.4 is 5.32 Å². The smallest absolute Gasteiger partial charge is 0.309 e. The first-order valence-corrected chi connectivity index (χ1v) is 11.4. The fourth-order valence-electron chi connectivity index (χ4n) is 3.81. The fourth-order valence-corrected chi connectivity index (χ4v) is 5.58. The number of aryl methyl sites for hydroxylation is 1. The maximum absolute atomic E-state index is 13.0. The topological polar surface area (TPSA) is 92.8 Å². The van der Waals surface area contributed by atoms with Gasteiger partial charge >= 0.3 is 5.97 Å². The third kappa shape index (κ3) is 4.91. The van der Waals surface area contributed by atoms with Gasteiger partial charge in [-0.25, -0.2) is 8.42 Å². The summed E-state index contributed by atoms with van der Waals surface area (Å²) < 4.78 is 32.5. The van der Waals surface area contributed by atoms with E-state index in [-0.39, 0.29) is 23.4 Å². The molecule has 1 aromatic carbocycles. The van der Waals surface area contributed by atoms with E-state index in [1.807, 2.05) is 0 Å². The SMILES string of the molecule is Cc1ccc(NC(=O)COC(=O)C2CCCC2)cc1S(=O)(=O)N1CCCCC1. The van der Waals surface area contributed by atoms with Crippen LogP contribution in [0.3, 0.4) is 0 Å². The van der Waals surface area contributed by atoms with E-state index in [0.717, 1.165) is 44.9 Å².